The van der Waals surface area contributed by atoms with Crippen LogP contribution < -0.4 is 5.73 Å². The molecular formula is C15H22BrN. The Bertz CT molecular complexity index is 367. The number of aryl methyl sites for hydroxylation is 1. The fourth-order valence-electron chi connectivity index (χ4n) is 2.89. The summed E-state index contributed by atoms with van der Waals surface area (Å²) in [5.74, 6) is 0.672. The van der Waals surface area contributed by atoms with Crippen molar-refractivity contribution in [1.29, 1.82) is 0 Å². The van der Waals surface area contributed by atoms with Gasteiger partial charge >= 0.3 is 0 Å². The molecule has 2 N–H and O–H groups in total. The van der Waals surface area contributed by atoms with Crippen LogP contribution in [-0.2, 0) is 0 Å². The summed E-state index contributed by atoms with van der Waals surface area (Å²) in [6.07, 6.45) is 8.08. The SMILES string of the molecule is Cc1ccc(Br)cc1C(N)C1CCCCCC1. The first-order valence-electron chi connectivity index (χ1n) is 6.70. The number of hydrogen-bond acceptors (Lipinski definition) is 1. The van der Waals surface area contributed by atoms with Gasteiger partial charge in [-0.2, -0.15) is 0 Å². The summed E-state index contributed by atoms with van der Waals surface area (Å²) in [4.78, 5) is 0. The highest BCUT2D eigenvalue weighted by Crippen LogP contribution is 2.34. The van der Waals surface area contributed by atoms with Crippen LogP contribution in [0.15, 0.2) is 22.7 Å². The van der Waals surface area contributed by atoms with Crippen LogP contribution in [0.2, 0.25) is 0 Å². The Labute approximate surface area is 113 Å². The molecule has 2 heteroatoms. The van der Waals surface area contributed by atoms with Crippen LogP contribution in [0, 0.1) is 12.8 Å². The lowest BCUT2D eigenvalue weighted by atomic mass is 9.86. The van der Waals surface area contributed by atoms with E-state index >= 15 is 0 Å². The van der Waals surface area contributed by atoms with E-state index in [1.165, 1.54) is 49.7 Å². The molecule has 1 aliphatic carbocycles. The molecule has 0 spiro atoms. The zero-order chi connectivity index (χ0) is 12.3. The molecule has 0 radical (unpaired) electrons. The van der Waals surface area contributed by atoms with Crippen molar-refractivity contribution in [1.82, 2.24) is 0 Å². The Morgan fingerprint density at radius 2 is 1.82 bits per heavy atom. The van der Waals surface area contributed by atoms with Crippen molar-refractivity contribution in [2.75, 3.05) is 0 Å². The topological polar surface area (TPSA) is 26.0 Å². The highest BCUT2D eigenvalue weighted by Gasteiger charge is 2.22. The highest BCUT2D eigenvalue weighted by molar-refractivity contribution is 9.10. The standard InChI is InChI=1S/C15H22BrN/c1-11-8-9-13(16)10-14(11)15(17)12-6-4-2-3-5-7-12/h8-10,12,15H,2-7,17H2,1H3. The second-order valence-corrected chi connectivity index (χ2v) is 6.19. The summed E-state index contributed by atoms with van der Waals surface area (Å²) in [6.45, 7) is 2.17. The molecule has 94 valence electrons. The zero-order valence-electron chi connectivity index (χ0n) is 10.6. The number of halogens is 1. The third-order valence-corrected chi connectivity index (χ3v) is 4.50. The van der Waals surface area contributed by atoms with E-state index in [4.69, 9.17) is 5.73 Å². The third-order valence-electron chi connectivity index (χ3n) is 4.01. The smallest absolute Gasteiger partial charge is 0.0326 e. The molecule has 0 amide bonds. The van der Waals surface area contributed by atoms with Gasteiger partial charge in [-0.3, -0.25) is 0 Å². The van der Waals surface area contributed by atoms with Crippen LogP contribution in [0.5, 0.6) is 0 Å². The van der Waals surface area contributed by atoms with Crippen LogP contribution in [0.25, 0.3) is 0 Å². The lowest BCUT2D eigenvalue weighted by Crippen LogP contribution is -2.22. The Morgan fingerprint density at radius 3 is 2.47 bits per heavy atom. The summed E-state index contributed by atoms with van der Waals surface area (Å²) in [5, 5.41) is 0. The van der Waals surface area contributed by atoms with Crippen molar-refractivity contribution in [2.45, 2.75) is 51.5 Å². The van der Waals surface area contributed by atoms with Gasteiger partial charge in [-0.1, -0.05) is 47.7 Å². The first-order chi connectivity index (χ1) is 8.18. The predicted molar refractivity (Wildman–Crippen MR) is 77.0 cm³/mol. The summed E-state index contributed by atoms with van der Waals surface area (Å²) >= 11 is 3.55. The second kappa shape index (κ2) is 6.01. The van der Waals surface area contributed by atoms with Crippen molar-refractivity contribution in [3.63, 3.8) is 0 Å². The van der Waals surface area contributed by atoms with Gasteiger partial charge in [-0.15, -0.1) is 0 Å². The van der Waals surface area contributed by atoms with Crippen LogP contribution in [0.4, 0.5) is 0 Å². The van der Waals surface area contributed by atoms with Gasteiger partial charge in [-0.05, 0) is 48.9 Å². The fourth-order valence-corrected chi connectivity index (χ4v) is 3.27. The number of nitrogens with two attached hydrogens (primary N) is 1. The molecule has 1 aromatic rings. The molecule has 1 fully saturated rings. The van der Waals surface area contributed by atoms with Gasteiger partial charge in [0.2, 0.25) is 0 Å². The molecule has 0 heterocycles. The molecule has 17 heavy (non-hydrogen) atoms. The molecule has 1 aliphatic rings. The first-order valence-corrected chi connectivity index (χ1v) is 7.49. The van der Waals surface area contributed by atoms with Crippen LogP contribution >= 0.6 is 15.9 Å². The Morgan fingerprint density at radius 1 is 1.18 bits per heavy atom. The van der Waals surface area contributed by atoms with E-state index in [1.54, 1.807) is 0 Å². The van der Waals surface area contributed by atoms with Gasteiger partial charge in [0, 0.05) is 10.5 Å². The van der Waals surface area contributed by atoms with E-state index in [2.05, 4.69) is 41.1 Å². The fraction of sp³-hybridized carbons (Fsp3) is 0.600. The van der Waals surface area contributed by atoms with Crippen molar-refractivity contribution < 1.29 is 0 Å². The van der Waals surface area contributed by atoms with Gasteiger partial charge in [0.05, 0.1) is 0 Å². The maximum absolute atomic E-state index is 6.49. The molecule has 1 saturated carbocycles. The number of rotatable bonds is 2. The molecule has 1 unspecified atom stereocenters. The summed E-state index contributed by atoms with van der Waals surface area (Å²) in [7, 11) is 0. The normalized spacial score (nSPS) is 19.9. The van der Waals surface area contributed by atoms with E-state index in [-0.39, 0.29) is 6.04 Å². The largest absolute Gasteiger partial charge is 0.324 e. The maximum Gasteiger partial charge on any atom is 0.0326 e. The van der Waals surface area contributed by atoms with Gasteiger partial charge in [-0.25, -0.2) is 0 Å². The molecule has 0 bridgehead atoms. The quantitative estimate of drug-likeness (QED) is 0.785. The van der Waals surface area contributed by atoms with E-state index < -0.39 is 0 Å². The van der Waals surface area contributed by atoms with Crippen molar-refractivity contribution in [3.8, 4) is 0 Å². The van der Waals surface area contributed by atoms with Crippen molar-refractivity contribution in [3.05, 3.63) is 33.8 Å². The lowest BCUT2D eigenvalue weighted by Gasteiger charge is -2.24. The van der Waals surface area contributed by atoms with Crippen molar-refractivity contribution >= 4 is 15.9 Å². The van der Waals surface area contributed by atoms with E-state index in [0.29, 0.717) is 5.92 Å². The molecule has 1 atom stereocenters. The molecule has 0 saturated heterocycles. The average molecular weight is 296 g/mol. The molecule has 2 rings (SSSR count). The molecule has 1 nitrogen and oxygen atoms in total. The van der Waals surface area contributed by atoms with Gasteiger partial charge < -0.3 is 5.73 Å². The van der Waals surface area contributed by atoms with Gasteiger partial charge in [0.15, 0.2) is 0 Å². The van der Waals surface area contributed by atoms with E-state index in [0.717, 1.165) is 4.47 Å². The summed E-state index contributed by atoms with van der Waals surface area (Å²) in [5.41, 5.74) is 9.14. The molecular weight excluding hydrogens is 274 g/mol. The minimum Gasteiger partial charge on any atom is -0.324 e. The Balaban J connectivity index is 2.16. The highest BCUT2D eigenvalue weighted by atomic mass is 79.9. The van der Waals surface area contributed by atoms with Crippen LogP contribution in [0.3, 0.4) is 0 Å². The maximum atomic E-state index is 6.49. The number of hydrogen-bond donors (Lipinski definition) is 1. The Kier molecular flexibility index (Phi) is 4.63. The summed E-state index contributed by atoms with van der Waals surface area (Å²) < 4.78 is 1.14. The van der Waals surface area contributed by atoms with Crippen molar-refractivity contribution in [2.24, 2.45) is 11.7 Å². The van der Waals surface area contributed by atoms with Gasteiger partial charge in [0.25, 0.3) is 0 Å². The minimum absolute atomic E-state index is 0.214. The molecule has 0 aliphatic heterocycles. The van der Waals surface area contributed by atoms with E-state index in [9.17, 15) is 0 Å². The predicted octanol–water partition coefficient (Wildman–Crippen LogP) is 4.73. The zero-order valence-corrected chi connectivity index (χ0v) is 12.2. The summed E-state index contributed by atoms with van der Waals surface area (Å²) in [6, 6.07) is 6.67. The van der Waals surface area contributed by atoms with Crippen LogP contribution in [-0.4, -0.2) is 0 Å². The Hall–Kier alpha value is -0.340. The van der Waals surface area contributed by atoms with Crippen LogP contribution in [0.1, 0.15) is 55.7 Å². The minimum atomic E-state index is 0.214. The number of benzene rings is 1. The van der Waals surface area contributed by atoms with Gasteiger partial charge in [0.1, 0.15) is 0 Å². The molecule has 0 aromatic heterocycles. The monoisotopic (exact) mass is 295 g/mol. The second-order valence-electron chi connectivity index (χ2n) is 5.28. The lowest BCUT2D eigenvalue weighted by molar-refractivity contribution is 0.381. The average Bonchev–Trinajstić information content (AvgIpc) is 2.60. The van der Waals surface area contributed by atoms with E-state index in [1.807, 2.05) is 0 Å². The third kappa shape index (κ3) is 3.32. The molecule has 1 aromatic carbocycles. The first kappa shape index (κ1) is 13.1.